The first-order chi connectivity index (χ1) is 13.7. The zero-order valence-electron chi connectivity index (χ0n) is 16.2. The van der Waals surface area contributed by atoms with Crippen LogP contribution in [0.15, 0.2) is 60.9 Å². The van der Waals surface area contributed by atoms with Gasteiger partial charge in [-0.05, 0) is 47.4 Å². The first kappa shape index (κ1) is 19.9. The van der Waals surface area contributed by atoms with E-state index in [1.807, 2.05) is 12.1 Å². The molecule has 0 fully saturated rings. The van der Waals surface area contributed by atoms with Gasteiger partial charge in [0, 0.05) is 11.3 Å². The highest BCUT2D eigenvalue weighted by atomic mass is 16.6. The Labute approximate surface area is 167 Å². The van der Waals surface area contributed by atoms with Crippen molar-refractivity contribution in [1.29, 1.82) is 0 Å². The van der Waals surface area contributed by atoms with Crippen molar-refractivity contribution in [2.24, 2.45) is 0 Å². The number of aromatic nitrogens is 2. The second-order valence-electron chi connectivity index (χ2n) is 7.39. The standard InChI is InChI=1S/C21H20N4O4/c1-21(2,3)15-6-4-14(5-7-15)19(26)24-16-8-10-18(11-9-16)29-20-22-12-17(13-23-20)25(27)28/h4-13H,1-3H3,(H,24,26). The molecule has 0 atom stereocenters. The quantitative estimate of drug-likeness (QED) is 0.497. The molecule has 1 aromatic heterocycles. The predicted octanol–water partition coefficient (Wildman–Crippen LogP) is 4.73. The Morgan fingerprint density at radius 1 is 1.00 bits per heavy atom. The van der Waals surface area contributed by atoms with Crippen LogP contribution in [0.25, 0.3) is 0 Å². The maximum atomic E-state index is 12.4. The summed E-state index contributed by atoms with van der Waals surface area (Å²) < 4.78 is 5.45. The molecule has 0 aliphatic rings. The Morgan fingerprint density at radius 3 is 2.10 bits per heavy atom. The lowest BCUT2D eigenvalue weighted by atomic mass is 9.87. The molecular weight excluding hydrogens is 372 g/mol. The summed E-state index contributed by atoms with van der Waals surface area (Å²) in [5, 5.41) is 13.4. The van der Waals surface area contributed by atoms with Gasteiger partial charge in [-0.1, -0.05) is 32.9 Å². The lowest BCUT2D eigenvalue weighted by Gasteiger charge is -2.19. The maximum Gasteiger partial charge on any atom is 0.322 e. The van der Waals surface area contributed by atoms with Gasteiger partial charge in [0.1, 0.15) is 18.1 Å². The van der Waals surface area contributed by atoms with E-state index in [9.17, 15) is 14.9 Å². The fourth-order valence-electron chi connectivity index (χ4n) is 2.49. The number of carbonyl (C=O) groups is 1. The molecule has 0 aliphatic carbocycles. The van der Waals surface area contributed by atoms with Gasteiger partial charge in [-0.15, -0.1) is 0 Å². The molecule has 0 bridgehead atoms. The van der Waals surface area contributed by atoms with Crippen molar-refractivity contribution in [1.82, 2.24) is 9.97 Å². The summed E-state index contributed by atoms with van der Waals surface area (Å²) in [6, 6.07) is 14.2. The number of anilines is 1. The van der Waals surface area contributed by atoms with Crippen LogP contribution in [0.4, 0.5) is 11.4 Å². The lowest BCUT2D eigenvalue weighted by Crippen LogP contribution is -2.14. The van der Waals surface area contributed by atoms with Crippen molar-refractivity contribution in [2.45, 2.75) is 26.2 Å². The Balaban J connectivity index is 1.62. The van der Waals surface area contributed by atoms with E-state index in [1.54, 1.807) is 36.4 Å². The van der Waals surface area contributed by atoms with Crippen molar-refractivity contribution in [3.8, 4) is 11.8 Å². The third-order valence-corrected chi connectivity index (χ3v) is 4.16. The summed E-state index contributed by atoms with van der Waals surface area (Å²) in [6.45, 7) is 6.36. The molecule has 0 saturated heterocycles. The van der Waals surface area contributed by atoms with Gasteiger partial charge in [0.05, 0.1) is 4.92 Å². The van der Waals surface area contributed by atoms with Crippen LogP contribution >= 0.6 is 0 Å². The van der Waals surface area contributed by atoms with Gasteiger partial charge in [0.25, 0.3) is 5.91 Å². The molecule has 0 spiro atoms. The van der Waals surface area contributed by atoms with E-state index in [4.69, 9.17) is 4.74 Å². The zero-order chi connectivity index (χ0) is 21.0. The van der Waals surface area contributed by atoms with Crippen molar-refractivity contribution < 1.29 is 14.5 Å². The molecule has 1 heterocycles. The van der Waals surface area contributed by atoms with Gasteiger partial charge in [-0.3, -0.25) is 14.9 Å². The molecule has 0 aliphatic heterocycles. The third-order valence-electron chi connectivity index (χ3n) is 4.16. The predicted molar refractivity (Wildman–Crippen MR) is 108 cm³/mol. The molecule has 3 rings (SSSR count). The molecule has 148 valence electrons. The minimum absolute atomic E-state index is 0.00803. The van der Waals surface area contributed by atoms with E-state index in [2.05, 4.69) is 36.1 Å². The van der Waals surface area contributed by atoms with Crippen LogP contribution in [0.1, 0.15) is 36.7 Å². The summed E-state index contributed by atoms with van der Waals surface area (Å²) >= 11 is 0. The van der Waals surface area contributed by atoms with Gasteiger partial charge in [-0.25, -0.2) is 0 Å². The van der Waals surface area contributed by atoms with Gasteiger partial charge in [0.15, 0.2) is 0 Å². The highest BCUT2D eigenvalue weighted by molar-refractivity contribution is 6.04. The monoisotopic (exact) mass is 392 g/mol. The van der Waals surface area contributed by atoms with E-state index < -0.39 is 4.92 Å². The molecule has 0 radical (unpaired) electrons. The van der Waals surface area contributed by atoms with Crippen LogP contribution in [-0.2, 0) is 5.41 Å². The second-order valence-corrected chi connectivity index (χ2v) is 7.39. The van der Waals surface area contributed by atoms with E-state index >= 15 is 0 Å². The fraction of sp³-hybridized carbons (Fsp3) is 0.190. The average molecular weight is 392 g/mol. The van der Waals surface area contributed by atoms with Gasteiger partial charge in [-0.2, -0.15) is 9.97 Å². The molecule has 3 aromatic rings. The number of benzene rings is 2. The molecular formula is C21H20N4O4. The van der Waals surface area contributed by atoms with Crippen molar-refractivity contribution >= 4 is 17.3 Å². The van der Waals surface area contributed by atoms with E-state index in [1.165, 1.54) is 0 Å². The molecule has 1 N–H and O–H groups in total. The number of ether oxygens (including phenoxy) is 1. The summed E-state index contributed by atoms with van der Waals surface area (Å²) in [7, 11) is 0. The van der Waals surface area contributed by atoms with E-state index in [-0.39, 0.29) is 23.0 Å². The first-order valence-corrected chi connectivity index (χ1v) is 8.88. The second kappa shape index (κ2) is 8.05. The van der Waals surface area contributed by atoms with Crippen molar-refractivity contribution in [3.63, 3.8) is 0 Å². The van der Waals surface area contributed by atoms with Gasteiger partial charge < -0.3 is 10.1 Å². The van der Waals surface area contributed by atoms with Crippen LogP contribution in [0.3, 0.4) is 0 Å². The summed E-state index contributed by atoms with van der Waals surface area (Å²) in [5.41, 5.74) is 2.14. The SMILES string of the molecule is CC(C)(C)c1ccc(C(=O)Nc2ccc(Oc3ncc([N+](=O)[O-])cn3)cc2)cc1. The molecule has 2 aromatic carbocycles. The number of carbonyl (C=O) groups excluding carboxylic acids is 1. The average Bonchev–Trinajstić information content (AvgIpc) is 2.69. The first-order valence-electron chi connectivity index (χ1n) is 8.88. The van der Waals surface area contributed by atoms with Crippen LogP contribution < -0.4 is 10.1 Å². The molecule has 0 unspecified atom stereocenters. The number of rotatable bonds is 5. The largest absolute Gasteiger partial charge is 0.424 e. The smallest absolute Gasteiger partial charge is 0.322 e. The highest BCUT2D eigenvalue weighted by Crippen LogP contribution is 2.23. The summed E-state index contributed by atoms with van der Waals surface area (Å²) in [5.74, 6) is 0.226. The number of hydrogen-bond donors (Lipinski definition) is 1. The number of nitro groups is 1. The Morgan fingerprint density at radius 2 is 1.59 bits per heavy atom. The zero-order valence-corrected chi connectivity index (χ0v) is 16.2. The van der Waals surface area contributed by atoms with Gasteiger partial charge in [0.2, 0.25) is 0 Å². The van der Waals surface area contributed by atoms with Crippen molar-refractivity contribution in [2.75, 3.05) is 5.32 Å². The molecule has 0 saturated carbocycles. The van der Waals surface area contributed by atoms with E-state index in [0.717, 1.165) is 18.0 Å². The Hall–Kier alpha value is -3.81. The molecule has 1 amide bonds. The summed E-state index contributed by atoms with van der Waals surface area (Å²) in [4.78, 5) is 30.0. The topological polar surface area (TPSA) is 107 Å². The Kier molecular flexibility index (Phi) is 5.54. The number of hydrogen-bond acceptors (Lipinski definition) is 6. The minimum atomic E-state index is -0.585. The van der Waals surface area contributed by atoms with E-state index in [0.29, 0.717) is 17.0 Å². The van der Waals surface area contributed by atoms with Crippen LogP contribution in [-0.4, -0.2) is 20.8 Å². The fourth-order valence-corrected chi connectivity index (χ4v) is 2.49. The molecule has 8 nitrogen and oxygen atoms in total. The van der Waals surface area contributed by atoms with Crippen molar-refractivity contribution in [3.05, 3.63) is 82.2 Å². The molecule has 8 heteroatoms. The lowest BCUT2D eigenvalue weighted by molar-refractivity contribution is -0.385. The highest BCUT2D eigenvalue weighted by Gasteiger charge is 2.14. The number of nitrogens with one attached hydrogen (secondary N) is 1. The molecule has 29 heavy (non-hydrogen) atoms. The van der Waals surface area contributed by atoms with Crippen LogP contribution in [0, 0.1) is 10.1 Å². The normalized spacial score (nSPS) is 11.0. The van der Waals surface area contributed by atoms with Gasteiger partial charge >= 0.3 is 11.7 Å². The minimum Gasteiger partial charge on any atom is -0.424 e. The third kappa shape index (κ3) is 5.13. The Bertz CT molecular complexity index is 1010. The van der Waals surface area contributed by atoms with Crippen LogP contribution in [0.5, 0.6) is 11.8 Å². The van der Waals surface area contributed by atoms with Crippen LogP contribution in [0.2, 0.25) is 0 Å². The summed E-state index contributed by atoms with van der Waals surface area (Å²) in [6.07, 6.45) is 2.14. The number of nitrogens with zero attached hydrogens (tertiary/aromatic N) is 3. The number of amides is 1. The maximum absolute atomic E-state index is 12.4.